The van der Waals surface area contributed by atoms with Crippen molar-refractivity contribution in [1.29, 1.82) is 0 Å². The van der Waals surface area contributed by atoms with Gasteiger partial charge in [-0.3, -0.25) is 13.9 Å². The van der Waals surface area contributed by atoms with Gasteiger partial charge in [0.1, 0.15) is 0 Å². The number of aliphatic hydroxyl groups excluding tert-OH is 1. The Labute approximate surface area is 120 Å². The first-order chi connectivity index (χ1) is 9.95. The molecule has 2 amide bonds. The molecule has 0 spiro atoms. The molecule has 1 aromatic heterocycles. The maximum absolute atomic E-state index is 12.3. The molecule has 8 nitrogen and oxygen atoms in total. The van der Waals surface area contributed by atoms with Crippen LogP contribution in [0.15, 0.2) is 19.6 Å². The van der Waals surface area contributed by atoms with Gasteiger partial charge in [0.2, 0.25) is 0 Å². The van der Waals surface area contributed by atoms with Crippen LogP contribution in [0.4, 0.5) is 4.79 Å². The molecule has 0 fully saturated rings. The zero-order valence-corrected chi connectivity index (χ0v) is 12.1. The number of unbranched alkanes of at least 4 members (excludes halogenated alkanes) is 1. The van der Waals surface area contributed by atoms with E-state index in [4.69, 9.17) is 0 Å². The minimum Gasteiger partial charge on any atom is -0.393 e. The van der Waals surface area contributed by atoms with Crippen LogP contribution < -0.4 is 22.1 Å². The zero-order valence-electron chi connectivity index (χ0n) is 12.1. The summed E-state index contributed by atoms with van der Waals surface area (Å²) in [6, 6.07) is -0.754. The fourth-order valence-electron chi connectivity index (χ4n) is 2.29. The lowest BCUT2D eigenvalue weighted by molar-refractivity contribution is 0.180. The zero-order chi connectivity index (χ0) is 15.6. The van der Waals surface area contributed by atoms with Crippen LogP contribution in [-0.4, -0.2) is 26.4 Å². The Morgan fingerprint density at radius 1 is 1.14 bits per heavy atom. The summed E-state index contributed by atoms with van der Waals surface area (Å²) < 4.78 is 2.36. The van der Waals surface area contributed by atoms with Gasteiger partial charge in [-0.15, -0.1) is 0 Å². The average Bonchev–Trinajstić information content (AvgIpc) is 2.80. The van der Waals surface area contributed by atoms with Crippen molar-refractivity contribution in [3.05, 3.63) is 31.7 Å². The van der Waals surface area contributed by atoms with E-state index >= 15 is 0 Å². The van der Waals surface area contributed by atoms with Crippen molar-refractivity contribution in [3.8, 4) is 0 Å². The number of nitrogens with zero attached hydrogens (tertiary/aromatic N) is 4. The molecule has 0 bridgehead atoms. The van der Waals surface area contributed by atoms with Crippen LogP contribution in [-0.2, 0) is 13.1 Å². The lowest BCUT2D eigenvalue weighted by Crippen LogP contribution is -2.57. The molecule has 1 aliphatic heterocycles. The van der Waals surface area contributed by atoms with Gasteiger partial charge >= 0.3 is 11.7 Å². The van der Waals surface area contributed by atoms with Crippen molar-refractivity contribution in [2.75, 3.05) is 0 Å². The number of aliphatic hydroxyl groups is 1. The van der Waals surface area contributed by atoms with E-state index < -0.39 is 23.4 Å². The molecule has 1 aliphatic rings. The standard InChI is InChI=1S/C13H18N4O4/c1-3-16-10-9(14-12(20)15-10)11(19)17(13(16)21)7-5-4-6-8(2)18/h8,18H,3-7H2,1-2H3/t8-/m1/s1. The Morgan fingerprint density at radius 3 is 2.48 bits per heavy atom. The van der Waals surface area contributed by atoms with E-state index in [9.17, 15) is 19.5 Å². The topological polar surface area (TPSA) is 106 Å². The van der Waals surface area contributed by atoms with Crippen LogP contribution in [0.5, 0.6) is 0 Å². The lowest BCUT2D eigenvalue weighted by Gasteiger charge is -2.08. The molecular weight excluding hydrogens is 276 g/mol. The van der Waals surface area contributed by atoms with Gasteiger partial charge in [0, 0.05) is 13.1 Å². The molecule has 0 saturated carbocycles. The monoisotopic (exact) mass is 294 g/mol. The molecule has 2 heterocycles. The quantitative estimate of drug-likeness (QED) is 0.676. The second-order valence-corrected chi connectivity index (χ2v) is 5.01. The largest absolute Gasteiger partial charge is 0.393 e. The molecule has 1 aromatic rings. The number of hydrogen-bond acceptors (Lipinski definition) is 4. The van der Waals surface area contributed by atoms with Crippen molar-refractivity contribution in [3.63, 3.8) is 0 Å². The van der Waals surface area contributed by atoms with Crippen molar-refractivity contribution in [2.45, 2.75) is 52.3 Å². The van der Waals surface area contributed by atoms with Crippen LogP contribution in [0.25, 0.3) is 0 Å². The van der Waals surface area contributed by atoms with Crippen LogP contribution in [0.1, 0.15) is 33.1 Å². The SMILES string of the molecule is CCn1c2c(c(=O)n(CCCC[C@@H](C)O)c1=O)=NC(=O)N=2. The molecular formula is C13H18N4O4. The highest BCUT2D eigenvalue weighted by Crippen LogP contribution is 2.00. The summed E-state index contributed by atoms with van der Waals surface area (Å²) in [6.45, 7) is 3.97. The minimum absolute atomic E-state index is 0.0535. The van der Waals surface area contributed by atoms with E-state index in [-0.39, 0.29) is 17.4 Å². The summed E-state index contributed by atoms with van der Waals surface area (Å²) in [5.74, 6) is 0. The fourth-order valence-corrected chi connectivity index (χ4v) is 2.29. The fraction of sp³-hybridized carbons (Fsp3) is 0.615. The number of hydrogen-bond donors (Lipinski definition) is 1. The summed E-state index contributed by atoms with van der Waals surface area (Å²) >= 11 is 0. The van der Waals surface area contributed by atoms with E-state index in [1.165, 1.54) is 4.57 Å². The molecule has 2 rings (SSSR count). The van der Waals surface area contributed by atoms with Gasteiger partial charge in [-0.25, -0.2) is 9.59 Å². The van der Waals surface area contributed by atoms with Gasteiger partial charge in [-0.1, -0.05) is 0 Å². The lowest BCUT2D eigenvalue weighted by atomic mass is 10.2. The van der Waals surface area contributed by atoms with Crippen LogP contribution >= 0.6 is 0 Å². The third kappa shape index (κ3) is 2.99. The van der Waals surface area contributed by atoms with Crippen LogP contribution in [0.3, 0.4) is 0 Å². The first kappa shape index (κ1) is 15.3. The minimum atomic E-state index is -0.754. The maximum atomic E-state index is 12.3. The number of amides is 2. The Morgan fingerprint density at radius 2 is 1.86 bits per heavy atom. The average molecular weight is 294 g/mol. The van der Waals surface area contributed by atoms with E-state index in [0.29, 0.717) is 25.8 Å². The highest BCUT2D eigenvalue weighted by Gasteiger charge is 2.17. The summed E-state index contributed by atoms with van der Waals surface area (Å²) in [7, 11) is 0. The number of aromatic nitrogens is 2. The second-order valence-electron chi connectivity index (χ2n) is 5.01. The Hall–Kier alpha value is -2.09. The van der Waals surface area contributed by atoms with E-state index in [2.05, 4.69) is 9.98 Å². The van der Waals surface area contributed by atoms with E-state index in [1.807, 2.05) is 0 Å². The smallest absolute Gasteiger partial charge is 0.369 e. The number of fused-ring (bicyclic) bond motifs is 1. The second kappa shape index (κ2) is 6.13. The Bertz CT molecular complexity index is 788. The predicted octanol–water partition coefficient (Wildman–Crippen LogP) is -1.05. The number of carbonyl (C=O) groups excluding carboxylic acids is 1. The Kier molecular flexibility index (Phi) is 4.46. The van der Waals surface area contributed by atoms with Crippen molar-refractivity contribution < 1.29 is 9.90 Å². The molecule has 1 atom stereocenters. The van der Waals surface area contributed by atoms with Gasteiger partial charge in [-0.05, 0) is 33.1 Å². The van der Waals surface area contributed by atoms with Crippen LogP contribution in [0, 0.1) is 0 Å². The van der Waals surface area contributed by atoms with Gasteiger partial charge in [0.15, 0.2) is 10.8 Å². The molecule has 0 unspecified atom stereocenters. The molecule has 0 aromatic carbocycles. The van der Waals surface area contributed by atoms with Crippen molar-refractivity contribution >= 4 is 6.03 Å². The molecule has 114 valence electrons. The number of urea groups is 1. The highest BCUT2D eigenvalue weighted by atomic mass is 16.3. The first-order valence-electron chi connectivity index (χ1n) is 6.98. The predicted molar refractivity (Wildman–Crippen MR) is 73.9 cm³/mol. The Balaban J connectivity index is 2.41. The normalized spacial score (nSPS) is 14.5. The van der Waals surface area contributed by atoms with Crippen molar-refractivity contribution in [1.82, 2.24) is 9.13 Å². The molecule has 0 radical (unpaired) electrons. The van der Waals surface area contributed by atoms with Crippen LogP contribution in [0.2, 0.25) is 0 Å². The third-order valence-corrected chi connectivity index (χ3v) is 3.36. The first-order valence-corrected chi connectivity index (χ1v) is 6.98. The summed E-state index contributed by atoms with van der Waals surface area (Å²) in [6.07, 6.45) is 1.50. The summed E-state index contributed by atoms with van der Waals surface area (Å²) in [5.41, 5.74) is -1.00. The molecule has 0 aliphatic carbocycles. The van der Waals surface area contributed by atoms with Gasteiger partial charge in [0.05, 0.1) is 6.10 Å². The van der Waals surface area contributed by atoms with Crippen molar-refractivity contribution in [2.24, 2.45) is 9.98 Å². The number of carbonyl (C=O) groups is 1. The molecule has 21 heavy (non-hydrogen) atoms. The van der Waals surface area contributed by atoms with Gasteiger partial charge in [-0.2, -0.15) is 9.98 Å². The van der Waals surface area contributed by atoms with Gasteiger partial charge < -0.3 is 5.11 Å². The van der Waals surface area contributed by atoms with E-state index in [1.54, 1.807) is 13.8 Å². The third-order valence-electron chi connectivity index (χ3n) is 3.36. The summed E-state index contributed by atoms with van der Waals surface area (Å²) in [5, 5.41) is 9.14. The highest BCUT2D eigenvalue weighted by molar-refractivity contribution is 5.77. The van der Waals surface area contributed by atoms with Gasteiger partial charge in [0.25, 0.3) is 5.56 Å². The molecule has 1 N–H and O–H groups in total. The maximum Gasteiger partial charge on any atom is 0.369 e. The van der Waals surface area contributed by atoms with E-state index in [0.717, 1.165) is 4.57 Å². The molecule has 0 saturated heterocycles. The molecule has 8 heteroatoms. The number of rotatable bonds is 6. The summed E-state index contributed by atoms with van der Waals surface area (Å²) in [4.78, 5) is 42.9.